The third kappa shape index (κ3) is 3.83. The Morgan fingerprint density at radius 3 is 2.42 bits per heavy atom. The summed E-state index contributed by atoms with van der Waals surface area (Å²) in [7, 11) is -3.92. The van der Waals surface area contributed by atoms with Gasteiger partial charge in [-0.15, -0.1) is 0 Å². The Bertz CT molecular complexity index is 913. The van der Waals surface area contributed by atoms with Gasteiger partial charge in [0.05, 0.1) is 5.71 Å². The molecule has 0 radical (unpaired) electrons. The molecule has 2 aromatic rings. The van der Waals surface area contributed by atoms with Crippen molar-refractivity contribution in [3.63, 3.8) is 0 Å². The standard InChI is InChI=1S/C21H25NO3S/c1-4-21(2,3)17-12-14-18(15-13-17)26(23,24)25-22-20-11-7-9-16-8-5-6-10-19(16)20/h5-6,8,10,12-15H,4,7,9,11H2,1-3H3. The molecule has 0 saturated heterocycles. The fourth-order valence-corrected chi connectivity index (χ4v) is 3.85. The van der Waals surface area contributed by atoms with Gasteiger partial charge in [0.25, 0.3) is 0 Å². The zero-order valence-corrected chi connectivity index (χ0v) is 16.3. The molecule has 1 aliphatic carbocycles. The molecule has 138 valence electrons. The lowest BCUT2D eigenvalue weighted by molar-refractivity contribution is 0.337. The Kier molecular flexibility index (Phi) is 5.19. The summed E-state index contributed by atoms with van der Waals surface area (Å²) in [5.74, 6) is 0. The van der Waals surface area contributed by atoms with Crippen LogP contribution in [0.2, 0.25) is 0 Å². The predicted molar refractivity (Wildman–Crippen MR) is 104 cm³/mol. The van der Waals surface area contributed by atoms with E-state index in [4.69, 9.17) is 4.28 Å². The number of fused-ring (bicyclic) bond motifs is 1. The number of aryl methyl sites for hydroxylation is 1. The second-order valence-corrected chi connectivity index (χ2v) is 8.87. The van der Waals surface area contributed by atoms with Crippen LogP contribution in [0.1, 0.15) is 56.7 Å². The molecule has 2 aromatic carbocycles. The third-order valence-corrected chi connectivity index (χ3v) is 6.36. The zero-order chi connectivity index (χ0) is 18.8. The van der Waals surface area contributed by atoms with Crippen LogP contribution in [0.4, 0.5) is 0 Å². The minimum absolute atomic E-state index is 0.00911. The van der Waals surface area contributed by atoms with Gasteiger partial charge in [-0.1, -0.05) is 62.3 Å². The highest BCUT2D eigenvalue weighted by molar-refractivity contribution is 7.86. The maximum absolute atomic E-state index is 12.5. The quantitative estimate of drug-likeness (QED) is 0.708. The first-order valence-corrected chi connectivity index (χ1v) is 10.4. The average molecular weight is 372 g/mol. The predicted octanol–water partition coefficient (Wildman–Crippen LogP) is 4.82. The summed E-state index contributed by atoms with van der Waals surface area (Å²) in [4.78, 5) is 0.126. The summed E-state index contributed by atoms with van der Waals surface area (Å²) in [5, 5.41) is 3.99. The van der Waals surface area contributed by atoms with Gasteiger partial charge in [0, 0.05) is 5.56 Å². The van der Waals surface area contributed by atoms with E-state index < -0.39 is 10.1 Å². The van der Waals surface area contributed by atoms with Crippen molar-refractivity contribution in [2.24, 2.45) is 5.16 Å². The van der Waals surface area contributed by atoms with E-state index in [9.17, 15) is 8.42 Å². The SMILES string of the molecule is CCC(C)(C)c1ccc(S(=O)(=O)ON=C2CCCc3ccccc32)cc1. The summed E-state index contributed by atoms with van der Waals surface area (Å²) in [6, 6.07) is 14.8. The van der Waals surface area contributed by atoms with Crippen LogP contribution in [0.3, 0.4) is 0 Å². The molecule has 0 spiro atoms. The van der Waals surface area contributed by atoms with Crippen LogP contribution in [0, 0.1) is 0 Å². The molecule has 3 rings (SSSR count). The van der Waals surface area contributed by atoms with E-state index >= 15 is 0 Å². The summed E-state index contributed by atoms with van der Waals surface area (Å²) < 4.78 is 30.0. The number of rotatable bonds is 5. The molecule has 0 unspecified atom stereocenters. The highest BCUT2D eigenvalue weighted by Gasteiger charge is 2.22. The molecular formula is C21H25NO3S. The lowest BCUT2D eigenvalue weighted by atomic mass is 9.82. The van der Waals surface area contributed by atoms with Crippen LogP contribution in [0.15, 0.2) is 58.6 Å². The van der Waals surface area contributed by atoms with Crippen LogP contribution >= 0.6 is 0 Å². The Hall–Kier alpha value is -2.14. The highest BCUT2D eigenvalue weighted by atomic mass is 32.2. The van der Waals surface area contributed by atoms with E-state index in [1.54, 1.807) is 12.1 Å². The van der Waals surface area contributed by atoms with Gasteiger partial charge in [-0.2, -0.15) is 8.42 Å². The highest BCUT2D eigenvalue weighted by Crippen LogP contribution is 2.28. The van der Waals surface area contributed by atoms with Crippen molar-refractivity contribution in [3.8, 4) is 0 Å². The van der Waals surface area contributed by atoms with Crippen molar-refractivity contribution in [1.82, 2.24) is 0 Å². The van der Waals surface area contributed by atoms with Crippen LogP contribution in [0.5, 0.6) is 0 Å². The monoisotopic (exact) mass is 371 g/mol. The van der Waals surface area contributed by atoms with Crippen molar-refractivity contribution in [3.05, 3.63) is 65.2 Å². The first kappa shape index (κ1) is 18.6. The molecule has 0 amide bonds. The fourth-order valence-electron chi connectivity index (χ4n) is 3.11. The van der Waals surface area contributed by atoms with Crippen molar-refractivity contribution >= 4 is 15.8 Å². The van der Waals surface area contributed by atoms with E-state index in [-0.39, 0.29) is 10.3 Å². The summed E-state index contributed by atoms with van der Waals surface area (Å²) in [6.07, 6.45) is 3.62. The molecule has 0 N–H and O–H groups in total. The normalized spacial score (nSPS) is 16.3. The van der Waals surface area contributed by atoms with E-state index in [0.717, 1.165) is 36.8 Å². The Morgan fingerprint density at radius 2 is 1.73 bits per heavy atom. The van der Waals surface area contributed by atoms with E-state index in [1.807, 2.05) is 36.4 Å². The Balaban J connectivity index is 1.82. The van der Waals surface area contributed by atoms with Crippen molar-refractivity contribution in [2.75, 3.05) is 0 Å². The van der Waals surface area contributed by atoms with Crippen molar-refractivity contribution in [1.29, 1.82) is 0 Å². The average Bonchev–Trinajstić information content (AvgIpc) is 2.66. The maximum atomic E-state index is 12.5. The summed E-state index contributed by atoms with van der Waals surface area (Å²) in [5.41, 5.74) is 3.97. The first-order chi connectivity index (χ1) is 12.3. The van der Waals surface area contributed by atoms with Crippen LogP contribution in [-0.4, -0.2) is 14.1 Å². The minimum atomic E-state index is -3.92. The molecule has 0 aromatic heterocycles. The number of hydrogen-bond acceptors (Lipinski definition) is 4. The molecule has 0 fully saturated rings. The van der Waals surface area contributed by atoms with Gasteiger partial charge in [0.2, 0.25) is 0 Å². The van der Waals surface area contributed by atoms with Gasteiger partial charge in [-0.3, -0.25) is 4.28 Å². The largest absolute Gasteiger partial charge is 0.358 e. The molecule has 5 heteroatoms. The Labute approximate surface area is 156 Å². The van der Waals surface area contributed by atoms with Crippen molar-refractivity contribution in [2.45, 2.75) is 56.8 Å². The van der Waals surface area contributed by atoms with Crippen LogP contribution < -0.4 is 0 Å². The van der Waals surface area contributed by atoms with Gasteiger partial charge in [-0.25, -0.2) is 0 Å². The van der Waals surface area contributed by atoms with Crippen molar-refractivity contribution < 1.29 is 12.7 Å². The van der Waals surface area contributed by atoms with Gasteiger partial charge in [0.1, 0.15) is 4.90 Å². The molecule has 0 aliphatic heterocycles. The molecular weight excluding hydrogens is 346 g/mol. The van der Waals surface area contributed by atoms with E-state index in [1.165, 1.54) is 5.56 Å². The second kappa shape index (κ2) is 7.23. The van der Waals surface area contributed by atoms with Gasteiger partial charge < -0.3 is 0 Å². The lowest BCUT2D eigenvalue weighted by Crippen LogP contribution is -2.16. The third-order valence-electron chi connectivity index (χ3n) is 5.24. The molecule has 4 nitrogen and oxygen atoms in total. The number of benzene rings is 2. The molecule has 1 aliphatic rings. The number of hydrogen-bond donors (Lipinski definition) is 0. The maximum Gasteiger partial charge on any atom is 0.358 e. The van der Waals surface area contributed by atoms with E-state index in [0.29, 0.717) is 5.71 Å². The van der Waals surface area contributed by atoms with Gasteiger partial charge >= 0.3 is 10.1 Å². The molecule has 0 atom stereocenters. The summed E-state index contributed by atoms with van der Waals surface area (Å²) >= 11 is 0. The minimum Gasteiger partial charge on any atom is -0.264 e. The second-order valence-electron chi connectivity index (χ2n) is 7.34. The summed E-state index contributed by atoms with van der Waals surface area (Å²) in [6.45, 7) is 6.39. The number of oxime groups is 1. The number of nitrogens with zero attached hydrogens (tertiary/aromatic N) is 1. The molecule has 0 saturated carbocycles. The van der Waals surface area contributed by atoms with Gasteiger partial charge in [0.15, 0.2) is 0 Å². The smallest absolute Gasteiger partial charge is 0.264 e. The van der Waals surface area contributed by atoms with Crippen LogP contribution in [0.25, 0.3) is 0 Å². The topological polar surface area (TPSA) is 55.7 Å². The fraction of sp³-hybridized carbons (Fsp3) is 0.381. The molecule has 0 heterocycles. The molecule has 26 heavy (non-hydrogen) atoms. The van der Waals surface area contributed by atoms with Crippen LogP contribution in [-0.2, 0) is 26.2 Å². The Morgan fingerprint density at radius 1 is 1.04 bits per heavy atom. The first-order valence-electron chi connectivity index (χ1n) is 9.03. The zero-order valence-electron chi connectivity index (χ0n) is 15.5. The lowest BCUT2D eigenvalue weighted by Gasteiger charge is -2.23. The molecule has 0 bridgehead atoms. The van der Waals surface area contributed by atoms with E-state index in [2.05, 4.69) is 25.9 Å². The van der Waals surface area contributed by atoms with Gasteiger partial charge in [-0.05, 0) is 54.4 Å².